The number of ether oxygens (including phenoxy) is 2. The Morgan fingerprint density at radius 1 is 1.14 bits per heavy atom. The summed E-state index contributed by atoms with van der Waals surface area (Å²) < 4.78 is 10.7. The molecule has 2 aliphatic heterocycles. The first-order valence-corrected chi connectivity index (χ1v) is 14.9. The summed E-state index contributed by atoms with van der Waals surface area (Å²) in [5.41, 5.74) is 4.23. The van der Waals surface area contributed by atoms with E-state index in [1.165, 1.54) is 11.3 Å². The third kappa shape index (κ3) is 8.21. The topological polar surface area (TPSA) is 85.9 Å². The molecular formula is C28H38N2O5S2. The molecule has 1 aromatic heterocycles. The number of benzene rings is 1. The van der Waals surface area contributed by atoms with Gasteiger partial charge in [-0.3, -0.25) is 4.79 Å². The second kappa shape index (κ2) is 12.7. The average molecular weight is 547 g/mol. The first-order valence-electron chi connectivity index (χ1n) is 13.1. The molecule has 7 nitrogen and oxygen atoms in total. The van der Waals surface area contributed by atoms with Gasteiger partial charge in [0.2, 0.25) is 5.91 Å². The van der Waals surface area contributed by atoms with Crippen LogP contribution in [0.3, 0.4) is 0 Å². The molecule has 0 spiro atoms. The number of nitrogens with one attached hydrogen (secondary N) is 2. The molecule has 1 aromatic carbocycles. The van der Waals surface area contributed by atoms with E-state index >= 15 is 0 Å². The van der Waals surface area contributed by atoms with Gasteiger partial charge in [-0.1, -0.05) is 24.6 Å². The molecule has 4 rings (SSSR count). The Labute approximate surface area is 228 Å². The van der Waals surface area contributed by atoms with Gasteiger partial charge in [0.25, 0.3) is 0 Å². The van der Waals surface area contributed by atoms with Crippen LogP contribution in [0.2, 0.25) is 0 Å². The van der Waals surface area contributed by atoms with Crippen LogP contribution in [-0.2, 0) is 30.4 Å². The minimum atomic E-state index is -0.529. The van der Waals surface area contributed by atoms with Crippen molar-refractivity contribution >= 4 is 35.1 Å². The van der Waals surface area contributed by atoms with Crippen LogP contribution in [0.4, 0.5) is 4.79 Å². The number of rotatable bonds is 8. The maximum atomic E-state index is 12.9. The zero-order chi connectivity index (χ0) is 26.3. The van der Waals surface area contributed by atoms with Crippen LogP contribution < -0.4 is 10.8 Å². The van der Waals surface area contributed by atoms with E-state index < -0.39 is 11.7 Å². The highest BCUT2D eigenvalue weighted by molar-refractivity contribution is 8.00. The van der Waals surface area contributed by atoms with Crippen LogP contribution >= 0.6 is 23.1 Å². The lowest BCUT2D eigenvalue weighted by atomic mass is 9.94. The van der Waals surface area contributed by atoms with Gasteiger partial charge in [-0.05, 0) is 81.5 Å². The minimum Gasteiger partial charge on any atom is -0.444 e. The molecule has 2 aliphatic rings. The van der Waals surface area contributed by atoms with E-state index in [2.05, 4.69) is 35.1 Å². The Kier molecular flexibility index (Phi) is 9.56. The number of hydrogen-bond acceptors (Lipinski definition) is 7. The Hall–Kier alpha value is -2.07. The van der Waals surface area contributed by atoms with Crippen molar-refractivity contribution in [2.24, 2.45) is 0 Å². The fourth-order valence-electron chi connectivity index (χ4n) is 4.57. The summed E-state index contributed by atoms with van der Waals surface area (Å²) in [6.07, 6.45) is 5.74. The molecule has 37 heavy (non-hydrogen) atoms. The lowest BCUT2D eigenvalue weighted by molar-refractivity contribution is -0.200. The van der Waals surface area contributed by atoms with Gasteiger partial charge in [-0.15, -0.1) is 23.1 Å². The van der Waals surface area contributed by atoms with Crippen LogP contribution in [0.25, 0.3) is 10.4 Å². The molecule has 0 radical (unpaired) electrons. The molecule has 3 heterocycles. The zero-order valence-electron chi connectivity index (χ0n) is 22.0. The first kappa shape index (κ1) is 28.0. The smallest absolute Gasteiger partial charge is 0.407 e. The monoisotopic (exact) mass is 546 g/mol. The number of carbonyl (C=O) groups is 2. The molecule has 0 saturated carbocycles. The zero-order valence-corrected chi connectivity index (χ0v) is 23.6. The number of hydroxylamine groups is 1. The molecule has 2 saturated heterocycles. The predicted octanol–water partition coefficient (Wildman–Crippen LogP) is 6.52. The first-order chi connectivity index (χ1) is 17.7. The van der Waals surface area contributed by atoms with E-state index in [1.54, 1.807) is 11.3 Å². The van der Waals surface area contributed by atoms with Gasteiger partial charge in [-0.2, -0.15) is 0 Å². The summed E-state index contributed by atoms with van der Waals surface area (Å²) in [6.45, 7) is 6.62. The van der Waals surface area contributed by atoms with E-state index in [1.807, 2.05) is 44.7 Å². The third-order valence-electron chi connectivity index (χ3n) is 6.34. The Morgan fingerprint density at radius 2 is 2.00 bits per heavy atom. The van der Waals surface area contributed by atoms with Crippen LogP contribution in [-0.4, -0.2) is 36.3 Å². The van der Waals surface area contributed by atoms with Crippen molar-refractivity contribution in [2.75, 3.05) is 12.4 Å². The van der Waals surface area contributed by atoms with E-state index in [0.29, 0.717) is 19.6 Å². The minimum absolute atomic E-state index is 0.103. The fourth-order valence-corrected chi connectivity index (χ4v) is 7.45. The number of hydrogen-bond donors (Lipinski definition) is 2. The second-order valence-electron chi connectivity index (χ2n) is 10.6. The predicted molar refractivity (Wildman–Crippen MR) is 148 cm³/mol. The molecule has 2 atom stereocenters. The van der Waals surface area contributed by atoms with Gasteiger partial charge in [0.05, 0.1) is 4.75 Å². The normalized spacial score (nSPS) is 22.3. The molecule has 2 fully saturated rings. The summed E-state index contributed by atoms with van der Waals surface area (Å²) >= 11 is 3.62. The molecule has 202 valence electrons. The van der Waals surface area contributed by atoms with E-state index in [0.717, 1.165) is 53.9 Å². The Bertz CT molecular complexity index is 1050. The Morgan fingerprint density at radius 3 is 2.73 bits per heavy atom. The molecule has 9 heteroatoms. The second-order valence-corrected chi connectivity index (χ2v) is 13.2. The summed E-state index contributed by atoms with van der Waals surface area (Å²) in [5.74, 6) is 0.938. The van der Waals surface area contributed by atoms with Gasteiger partial charge in [-0.25, -0.2) is 15.1 Å². The lowest BCUT2D eigenvalue weighted by Crippen LogP contribution is -2.37. The van der Waals surface area contributed by atoms with Gasteiger partial charge >= 0.3 is 6.09 Å². The summed E-state index contributed by atoms with van der Waals surface area (Å²) in [5, 5.41) is 2.83. The highest BCUT2D eigenvalue weighted by atomic mass is 32.2. The molecule has 1 unspecified atom stereocenters. The highest BCUT2D eigenvalue weighted by Crippen LogP contribution is 2.50. The van der Waals surface area contributed by atoms with E-state index in [-0.39, 0.29) is 16.9 Å². The van der Waals surface area contributed by atoms with Crippen molar-refractivity contribution in [1.29, 1.82) is 0 Å². The summed E-state index contributed by atoms with van der Waals surface area (Å²) in [4.78, 5) is 32.9. The number of alkyl carbamates (subject to hydrolysis) is 1. The maximum Gasteiger partial charge on any atom is 0.407 e. The van der Waals surface area contributed by atoms with Crippen molar-refractivity contribution in [1.82, 2.24) is 10.8 Å². The van der Waals surface area contributed by atoms with Crippen molar-refractivity contribution in [2.45, 2.75) is 88.9 Å². The molecule has 2 amide bonds. The number of carbonyl (C=O) groups excluding carboxylic acids is 2. The summed E-state index contributed by atoms with van der Waals surface area (Å²) in [7, 11) is 0. The van der Waals surface area contributed by atoms with Gasteiger partial charge in [0, 0.05) is 35.7 Å². The van der Waals surface area contributed by atoms with E-state index in [9.17, 15) is 9.59 Å². The van der Waals surface area contributed by atoms with Crippen LogP contribution in [0.15, 0.2) is 36.4 Å². The largest absolute Gasteiger partial charge is 0.444 e. The average Bonchev–Trinajstić information content (AvgIpc) is 3.38. The quantitative estimate of drug-likeness (QED) is 0.367. The van der Waals surface area contributed by atoms with E-state index in [4.69, 9.17) is 14.3 Å². The standard InChI is InChI=1S/C28H38N2O5S2/c1-27(2,3)34-26(32)29-19-20-9-8-10-21(17-20)22-12-13-23(37-22)28(14-5-7-16-36-28)18-24(31)30-35-25-11-4-6-15-33-25/h8-10,12-13,17,25H,4-7,11,14-16,18-19H2,1-3H3,(H,29,32)(H,30,31)/t25?,28-/m0/s1. The van der Waals surface area contributed by atoms with Crippen molar-refractivity contribution in [3.05, 3.63) is 46.8 Å². The summed E-state index contributed by atoms with van der Waals surface area (Å²) in [6, 6.07) is 12.5. The van der Waals surface area contributed by atoms with Gasteiger partial charge < -0.3 is 14.8 Å². The molecule has 2 aromatic rings. The van der Waals surface area contributed by atoms with Crippen LogP contribution in [0.1, 0.15) is 76.2 Å². The number of thiophene rings is 1. The van der Waals surface area contributed by atoms with Crippen molar-refractivity contribution < 1.29 is 23.9 Å². The molecule has 2 N–H and O–H groups in total. The van der Waals surface area contributed by atoms with Crippen molar-refractivity contribution in [3.63, 3.8) is 0 Å². The Balaban J connectivity index is 1.42. The third-order valence-corrected chi connectivity index (χ3v) is 9.43. The molecule has 0 bridgehead atoms. The number of amides is 2. The lowest BCUT2D eigenvalue weighted by Gasteiger charge is -2.35. The SMILES string of the molecule is CC(C)(C)OC(=O)NCc1cccc(-c2ccc([C@@]3(CC(=O)NOC4CCCCO4)CCCCS3)s2)c1. The number of thioether (sulfide) groups is 1. The van der Waals surface area contributed by atoms with Gasteiger partial charge in [0.15, 0.2) is 6.29 Å². The van der Waals surface area contributed by atoms with Gasteiger partial charge in [0.1, 0.15) is 5.60 Å². The maximum absolute atomic E-state index is 12.9. The van der Waals surface area contributed by atoms with Crippen LogP contribution in [0.5, 0.6) is 0 Å². The van der Waals surface area contributed by atoms with Crippen molar-refractivity contribution in [3.8, 4) is 10.4 Å². The molecule has 0 aliphatic carbocycles. The fraction of sp³-hybridized carbons (Fsp3) is 0.571. The van der Waals surface area contributed by atoms with Crippen LogP contribution in [0, 0.1) is 0 Å². The highest BCUT2D eigenvalue weighted by Gasteiger charge is 2.38. The molecular weight excluding hydrogens is 508 g/mol.